The normalized spacial score (nSPS) is 19.9. The fourth-order valence-electron chi connectivity index (χ4n) is 1.81. The third-order valence-electron chi connectivity index (χ3n) is 3.69. The van der Waals surface area contributed by atoms with Crippen molar-refractivity contribution in [3.63, 3.8) is 0 Å². The largest absolute Gasteiger partial charge is 0.514 e. The Morgan fingerprint density at radius 2 is 1.90 bits per heavy atom. The molecule has 1 fully saturated rings. The van der Waals surface area contributed by atoms with Gasteiger partial charge in [-0.3, -0.25) is 4.79 Å². The van der Waals surface area contributed by atoms with E-state index in [0.29, 0.717) is 11.4 Å². The van der Waals surface area contributed by atoms with Crippen molar-refractivity contribution in [3.8, 4) is 0 Å². The second-order valence-electron chi connectivity index (χ2n) is 5.78. The number of nitrogens with zero attached hydrogens (tertiary/aromatic N) is 1. The average molecular weight is 278 g/mol. The molecule has 2 heterocycles. The van der Waals surface area contributed by atoms with Crippen LogP contribution in [0.4, 0.5) is 5.82 Å². The van der Waals surface area contributed by atoms with Gasteiger partial charge in [0.15, 0.2) is 0 Å². The SMILES string of the molecule is CC1(C)OB(c2cccc(NCC(=O)O)n2)OC1(C)C. The summed E-state index contributed by atoms with van der Waals surface area (Å²) >= 11 is 0. The molecule has 0 amide bonds. The van der Waals surface area contributed by atoms with Crippen molar-refractivity contribution in [2.24, 2.45) is 0 Å². The molecule has 1 aliphatic heterocycles. The minimum absolute atomic E-state index is 0.181. The van der Waals surface area contributed by atoms with E-state index in [4.69, 9.17) is 14.4 Å². The van der Waals surface area contributed by atoms with E-state index in [2.05, 4.69) is 10.3 Å². The predicted octanol–water partition coefficient (Wildman–Crippen LogP) is 0.877. The van der Waals surface area contributed by atoms with Gasteiger partial charge in [0.25, 0.3) is 0 Å². The number of aliphatic carboxylic acids is 1. The standard InChI is InChI=1S/C13H19BN2O4/c1-12(2)13(3,4)20-14(19-12)9-6-5-7-10(16-9)15-8-11(17)18/h5-7H,8H2,1-4H3,(H,15,16)(H,17,18). The monoisotopic (exact) mass is 278 g/mol. The van der Waals surface area contributed by atoms with Crippen LogP contribution in [0.2, 0.25) is 0 Å². The van der Waals surface area contributed by atoms with Gasteiger partial charge in [-0.2, -0.15) is 0 Å². The summed E-state index contributed by atoms with van der Waals surface area (Å²) in [6, 6.07) is 5.29. The molecule has 1 aliphatic rings. The van der Waals surface area contributed by atoms with Crippen LogP contribution in [0.3, 0.4) is 0 Å². The molecular weight excluding hydrogens is 259 g/mol. The van der Waals surface area contributed by atoms with Gasteiger partial charge in [0.05, 0.1) is 16.8 Å². The van der Waals surface area contributed by atoms with Crippen molar-refractivity contribution < 1.29 is 19.2 Å². The molecule has 0 bridgehead atoms. The molecule has 0 radical (unpaired) electrons. The predicted molar refractivity (Wildman–Crippen MR) is 76.1 cm³/mol. The zero-order chi connectivity index (χ0) is 15.0. The minimum atomic E-state index is -0.937. The molecule has 0 saturated carbocycles. The third-order valence-corrected chi connectivity index (χ3v) is 3.69. The van der Waals surface area contributed by atoms with Crippen LogP contribution < -0.4 is 10.9 Å². The summed E-state index contributed by atoms with van der Waals surface area (Å²) in [5, 5.41) is 11.4. The van der Waals surface area contributed by atoms with Crippen LogP contribution in [0.15, 0.2) is 18.2 Å². The van der Waals surface area contributed by atoms with Crippen LogP contribution in [-0.4, -0.2) is 40.9 Å². The van der Waals surface area contributed by atoms with Crippen LogP contribution in [0.25, 0.3) is 0 Å². The fraction of sp³-hybridized carbons (Fsp3) is 0.538. The molecule has 2 rings (SSSR count). The molecule has 1 saturated heterocycles. The van der Waals surface area contributed by atoms with Crippen molar-refractivity contribution in [2.75, 3.05) is 11.9 Å². The first kappa shape index (κ1) is 14.8. The Hall–Kier alpha value is -1.60. The Bertz CT molecular complexity index is 503. The number of carbonyl (C=O) groups is 1. The van der Waals surface area contributed by atoms with E-state index in [-0.39, 0.29) is 6.54 Å². The highest BCUT2D eigenvalue weighted by Crippen LogP contribution is 2.36. The molecule has 0 unspecified atom stereocenters. The lowest BCUT2D eigenvalue weighted by Crippen LogP contribution is -2.41. The quantitative estimate of drug-likeness (QED) is 0.796. The van der Waals surface area contributed by atoms with E-state index in [1.807, 2.05) is 27.7 Å². The van der Waals surface area contributed by atoms with Gasteiger partial charge in [-0.15, -0.1) is 0 Å². The second kappa shape index (κ2) is 5.07. The number of pyridine rings is 1. The summed E-state index contributed by atoms with van der Waals surface area (Å²) in [5.41, 5.74) is -0.229. The summed E-state index contributed by atoms with van der Waals surface area (Å²) in [6.45, 7) is 7.71. The van der Waals surface area contributed by atoms with E-state index in [1.165, 1.54) is 0 Å². The van der Waals surface area contributed by atoms with Crippen LogP contribution in [0, 0.1) is 0 Å². The Morgan fingerprint density at radius 3 is 2.45 bits per heavy atom. The molecule has 0 atom stereocenters. The molecule has 7 heteroatoms. The van der Waals surface area contributed by atoms with Crippen molar-refractivity contribution in [3.05, 3.63) is 18.2 Å². The van der Waals surface area contributed by atoms with Crippen LogP contribution in [-0.2, 0) is 14.1 Å². The fourth-order valence-corrected chi connectivity index (χ4v) is 1.81. The smallest absolute Gasteiger partial charge is 0.480 e. The Kier molecular flexibility index (Phi) is 3.75. The molecule has 20 heavy (non-hydrogen) atoms. The van der Waals surface area contributed by atoms with E-state index < -0.39 is 24.3 Å². The summed E-state index contributed by atoms with van der Waals surface area (Å²) in [7, 11) is -0.549. The lowest BCUT2D eigenvalue weighted by atomic mass is 9.84. The van der Waals surface area contributed by atoms with Gasteiger partial charge in [0.1, 0.15) is 12.4 Å². The van der Waals surface area contributed by atoms with Crippen LogP contribution in [0.1, 0.15) is 27.7 Å². The maximum Gasteiger partial charge on any atom is 0.514 e. The number of carboxylic acids is 1. The number of hydrogen-bond donors (Lipinski definition) is 2. The Labute approximate surface area is 118 Å². The van der Waals surface area contributed by atoms with E-state index >= 15 is 0 Å². The number of anilines is 1. The average Bonchev–Trinajstić information content (AvgIpc) is 2.56. The zero-order valence-electron chi connectivity index (χ0n) is 12.1. The van der Waals surface area contributed by atoms with Gasteiger partial charge < -0.3 is 19.7 Å². The lowest BCUT2D eigenvalue weighted by molar-refractivity contribution is -0.134. The highest BCUT2D eigenvalue weighted by atomic mass is 16.7. The summed E-state index contributed by atoms with van der Waals surface area (Å²) in [5.74, 6) is -0.451. The first-order valence-corrected chi connectivity index (χ1v) is 6.49. The summed E-state index contributed by atoms with van der Waals surface area (Å²) in [6.07, 6.45) is 0. The topological polar surface area (TPSA) is 80.7 Å². The van der Waals surface area contributed by atoms with Gasteiger partial charge in [0.2, 0.25) is 0 Å². The van der Waals surface area contributed by atoms with E-state index in [0.717, 1.165) is 0 Å². The molecular formula is C13H19BN2O4. The third kappa shape index (κ3) is 2.94. The maximum atomic E-state index is 10.5. The van der Waals surface area contributed by atoms with Gasteiger partial charge in [0, 0.05) is 0 Å². The number of carboxylic acid groups (broad SMARTS) is 1. The van der Waals surface area contributed by atoms with E-state index in [1.54, 1.807) is 18.2 Å². The molecule has 0 spiro atoms. The molecule has 0 aliphatic carbocycles. The maximum absolute atomic E-state index is 10.5. The minimum Gasteiger partial charge on any atom is -0.480 e. The first-order chi connectivity index (χ1) is 9.21. The van der Waals surface area contributed by atoms with Gasteiger partial charge in [-0.05, 0) is 39.8 Å². The second-order valence-corrected chi connectivity index (χ2v) is 5.78. The summed E-state index contributed by atoms with van der Waals surface area (Å²) in [4.78, 5) is 14.9. The highest BCUT2D eigenvalue weighted by Gasteiger charge is 2.52. The van der Waals surface area contributed by atoms with Gasteiger partial charge in [-0.25, -0.2) is 4.98 Å². The Balaban J connectivity index is 2.14. The van der Waals surface area contributed by atoms with Gasteiger partial charge >= 0.3 is 13.1 Å². The van der Waals surface area contributed by atoms with Crippen molar-refractivity contribution in [1.82, 2.24) is 4.98 Å². The van der Waals surface area contributed by atoms with E-state index in [9.17, 15) is 4.79 Å². The highest BCUT2D eigenvalue weighted by molar-refractivity contribution is 6.61. The van der Waals surface area contributed by atoms with Crippen molar-refractivity contribution in [2.45, 2.75) is 38.9 Å². The van der Waals surface area contributed by atoms with Crippen LogP contribution >= 0.6 is 0 Å². The molecule has 1 aromatic heterocycles. The molecule has 2 N–H and O–H groups in total. The first-order valence-electron chi connectivity index (χ1n) is 6.49. The zero-order valence-corrected chi connectivity index (χ0v) is 12.1. The number of nitrogens with one attached hydrogen (secondary N) is 1. The molecule has 6 nitrogen and oxygen atoms in total. The van der Waals surface area contributed by atoms with Crippen molar-refractivity contribution >= 4 is 24.5 Å². The number of aromatic nitrogens is 1. The molecule has 0 aromatic carbocycles. The van der Waals surface area contributed by atoms with Crippen LogP contribution in [0.5, 0.6) is 0 Å². The van der Waals surface area contributed by atoms with Gasteiger partial charge in [-0.1, -0.05) is 6.07 Å². The lowest BCUT2D eigenvalue weighted by Gasteiger charge is -2.32. The summed E-state index contributed by atoms with van der Waals surface area (Å²) < 4.78 is 11.8. The number of hydrogen-bond acceptors (Lipinski definition) is 5. The number of rotatable bonds is 4. The molecule has 108 valence electrons. The van der Waals surface area contributed by atoms with Crippen molar-refractivity contribution in [1.29, 1.82) is 0 Å². The molecule has 1 aromatic rings. The Morgan fingerprint density at radius 1 is 1.30 bits per heavy atom.